The molecule has 1 aromatic rings. The van der Waals surface area contributed by atoms with Gasteiger partial charge in [-0.15, -0.1) is 0 Å². The molecule has 11 heteroatoms. The smallest absolute Gasteiger partial charge is 0.338 e. The summed E-state index contributed by atoms with van der Waals surface area (Å²) in [5.41, 5.74) is 0.963. The van der Waals surface area contributed by atoms with Gasteiger partial charge in [-0.1, -0.05) is 19.9 Å². The molecule has 2 amide bonds. The molecule has 0 saturated carbocycles. The fraction of sp³-hybridized carbons (Fsp3) is 0.654. The molecular weight excluding hydrogens is 482 g/mol. The monoisotopic (exact) mass is 521 g/mol. The maximum Gasteiger partial charge on any atom is 0.338 e. The zero-order valence-corrected chi connectivity index (χ0v) is 22.6. The van der Waals surface area contributed by atoms with Crippen molar-refractivity contribution in [1.29, 1.82) is 0 Å². The minimum atomic E-state index is -0.908. The van der Waals surface area contributed by atoms with E-state index in [1.165, 1.54) is 0 Å². The molecule has 2 aliphatic heterocycles. The van der Waals surface area contributed by atoms with Crippen LogP contribution in [0.5, 0.6) is 17.2 Å². The van der Waals surface area contributed by atoms with E-state index in [1.54, 1.807) is 33.2 Å². The van der Waals surface area contributed by atoms with E-state index in [0.717, 1.165) is 5.56 Å². The molecule has 2 heterocycles. The number of methoxy groups -OCH3 is 3. The van der Waals surface area contributed by atoms with Crippen LogP contribution in [0.4, 0.5) is 0 Å². The van der Waals surface area contributed by atoms with E-state index in [1.807, 2.05) is 26.0 Å². The number of hydrogen-bond donors (Lipinski definition) is 1. The van der Waals surface area contributed by atoms with Crippen molar-refractivity contribution in [2.24, 2.45) is 5.92 Å². The molecule has 2 aliphatic rings. The van der Waals surface area contributed by atoms with E-state index in [4.69, 9.17) is 23.7 Å². The lowest BCUT2D eigenvalue weighted by atomic mass is 10.0. The molecule has 3 atom stereocenters. The lowest BCUT2D eigenvalue weighted by molar-refractivity contribution is -0.144. The highest BCUT2D eigenvalue weighted by molar-refractivity contribution is 5.95. The number of epoxide rings is 1. The number of carbonyl (C=O) groups excluding carboxylic acids is 3. The molecule has 0 radical (unpaired) electrons. The van der Waals surface area contributed by atoms with Crippen LogP contribution in [-0.4, -0.2) is 99.9 Å². The Labute approximate surface area is 218 Å². The van der Waals surface area contributed by atoms with Gasteiger partial charge in [0.1, 0.15) is 6.04 Å². The van der Waals surface area contributed by atoms with Crippen LogP contribution in [0.25, 0.3) is 0 Å². The van der Waals surface area contributed by atoms with Crippen molar-refractivity contribution in [3.8, 4) is 17.2 Å². The van der Waals surface area contributed by atoms with Gasteiger partial charge in [0, 0.05) is 38.3 Å². The number of benzene rings is 1. The maximum absolute atomic E-state index is 13.4. The molecule has 0 aromatic heterocycles. The highest BCUT2D eigenvalue weighted by atomic mass is 16.6. The molecular formula is C26H39N3O8. The minimum Gasteiger partial charge on any atom is -0.493 e. The van der Waals surface area contributed by atoms with Gasteiger partial charge in [0.05, 0.1) is 27.9 Å². The molecule has 2 fully saturated rings. The number of nitrogens with one attached hydrogen (secondary N) is 1. The molecule has 0 bridgehead atoms. The molecule has 206 valence electrons. The average Bonchev–Trinajstić information content (AvgIpc) is 3.69. The Kier molecular flexibility index (Phi) is 9.99. The van der Waals surface area contributed by atoms with Gasteiger partial charge in [-0.05, 0) is 25.3 Å². The van der Waals surface area contributed by atoms with Crippen LogP contribution in [0.3, 0.4) is 0 Å². The van der Waals surface area contributed by atoms with E-state index in [0.29, 0.717) is 56.4 Å². The van der Waals surface area contributed by atoms with Crippen LogP contribution in [-0.2, 0) is 30.4 Å². The van der Waals surface area contributed by atoms with Gasteiger partial charge in [0.2, 0.25) is 11.7 Å². The summed E-state index contributed by atoms with van der Waals surface area (Å²) in [7, 11) is 4.76. The summed E-state index contributed by atoms with van der Waals surface area (Å²) in [6, 6.07) is 3.12. The second-order valence-electron chi connectivity index (χ2n) is 9.51. The third-order valence-electron chi connectivity index (χ3n) is 6.45. The van der Waals surface area contributed by atoms with Gasteiger partial charge < -0.3 is 33.9 Å². The van der Waals surface area contributed by atoms with Gasteiger partial charge in [0.15, 0.2) is 23.7 Å². The van der Waals surface area contributed by atoms with E-state index in [2.05, 4.69) is 10.2 Å². The highest BCUT2D eigenvalue weighted by Crippen LogP contribution is 2.40. The third kappa shape index (κ3) is 7.04. The molecule has 1 N–H and O–H groups in total. The molecule has 3 rings (SSSR count). The first-order chi connectivity index (χ1) is 17.7. The van der Waals surface area contributed by atoms with Crippen molar-refractivity contribution in [3.05, 3.63) is 17.7 Å². The number of carbonyl (C=O) groups is 3. The Morgan fingerprint density at radius 1 is 1.00 bits per heavy atom. The summed E-state index contributed by atoms with van der Waals surface area (Å²) < 4.78 is 26.6. The molecule has 37 heavy (non-hydrogen) atoms. The van der Waals surface area contributed by atoms with Gasteiger partial charge in [-0.2, -0.15) is 0 Å². The van der Waals surface area contributed by atoms with E-state index in [9.17, 15) is 14.4 Å². The number of rotatable bonds is 12. The van der Waals surface area contributed by atoms with Gasteiger partial charge in [-0.25, -0.2) is 4.79 Å². The maximum atomic E-state index is 13.4. The van der Waals surface area contributed by atoms with Crippen LogP contribution in [0.15, 0.2) is 12.1 Å². The molecule has 0 aliphatic carbocycles. The van der Waals surface area contributed by atoms with Crippen molar-refractivity contribution in [2.75, 3.05) is 54.1 Å². The number of esters is 1. The van der Waals surface area contributed by atoms with Gasteiger partial charge in [0.25, 0.3) is 5.91 Å². The van der Waals surface area contributed by atoms with Crippen molar-refractivity contribution < 1.29 is 38.1 Å². The van der Waals surface area contributed by atoms with E-state index in [-0.39, 0.29) is 18.4 Å². The second-order valence-corrected chi connectivity index (χ2v) is 9.51. The average molecular weight is 522 g/mol. The Bertz CT molecular complexity index is 961. The highest BCUT2D eigenvalue weighted by Gasteiger charge is 2.52. The van der Waals surface area contributed by atoms with Crippen LogP contribution < -0.4 is 19.5 Å². The summed E-state index contributed by atoms with van der Waals surface area (Å²) >= 11 is 0. The van der Waals surface area contributed by atoms with E-state index >= 15 is 0 Å². The van der Waals surface area contributed by atoms with Crippen molar-refractivity contribution in [3.63, 3.8) is 0 Å². The van der Waals surface area contributed by atoms with Crippen molar-refractivity contribution in [1.82, 2.24) is 15.1 Å². The van der Waals surface area contributed by atoms with Gasteiger partial charge in [-0.3, -0.25) is 14.5 Å². The predicted octanol–water partition coefficient (Wildman–Crippen LogP) is 1.22. The summed E-state index contributed by atoms with van der Waals surface area (Å²) in [5.74, 6) is 0.819. The molecule has 11 nitrogen and oxygen atoms in total. The van der Waals surface area contributed by atoms with Crippen LogP contribution in [0.2, 0.25) is 0 Å². The Morgan fingerprint density at radius 3 is 2.24 bits per heavy atom. The lowest BCUT2D eigenvalue weighted by Crippen LogP contribution is -2.55. The summed E-state index contributed by atoms with van der Waals surface area (Å²) in [4.78, 5) is 41.9. The SMILES string of the molecule is CCOC(=O)C1OC1C(=O)NC(CC(C)C)C(=O)N1CCN(Cc2ccc(OC)c(OC)c2OC)CC1. The van der Waals surface area contributed by atoms with Gasteiger partial charge >= 0.3 is 5.97 Å². The standard InChI is InChI=1S/C26H39N3O8/c1-7-36-26(32)23-22(37-23)24(30)27-18(14-16(2)3)25(31)29-12-10-28(11-13-29)15-17-8-9-19(33-4)21(35-6)20(17)34-5/h8-9,16,18,22-23H,7,10-15H2,1-6H3,(H,27,30). The fourth-order valence-corrected chi connectivity index (χ4v) is 4.54. The molecule has 0 spiro atoms. The molecule has 1 aromatic carbocycles. The number of amides is 2. The normalized spacial score (nSPS) is 20.2. The first-order valence-electron chi connectivity index (χ1n) is 12.6. The number of hydrogen-bond acceptors (Lipinski definition) is 9. The zero-order valence-electron chi connectivity index (χ0n) is 22.6. The number of piperazine rings is 1. The Balaban J connectivity index is 1.58. The zero-order chi connectivity index (χ0) is 27.1. The number of nitrogens with zero attached hydrogens (tertiary/aromatic N) is 2. The third-order valence-corrected chi connectivity index (χ3v) is 6.45. The summed E-state index contributed by atoms with van der Waals surface area (Å²) in [5, 5.41) is 2.81. The fourth-order valence-electron chi connectivity index (χ4n) is 4.54. The molecule has 3 unspecified atom stereocenters. The first kappa shape index (κ1) is 28.5. The quantitative estimate of drug-likeness (QED) is 0.320. The summed E-state index contributed by atoms with van der Waals surface area (Å²) in [6.07, 6.45) is -1.31. The van der Waals surface area contributed by atoms with Crippen LogP contribution in [0, 0.1) is 5.92 Å². The first-order valence-corrected chi connectivity index (χ1v) is 12.6. The predicted molar refractivity (Wildman–Crippen MR) is 135 cm³/mol. The number of ether oxygens (including phenoxy) is 5. The van der Waals surface area contributed by atoms with Crippen LogP contribution >= 0.6 is 0 Å². The second kappa shape index (κ2) is 13.0. The Morgan fingerprint density at radius 2 is 1.68 bits per heavy atom. The van der Waals surface area contributed by atoms with Crippen molar-refractivity contribution >= 4 is 17.8 Å². The van der Waals surface area contributed by atoms with Crippen molar-refractivity contribution in [2.45, 2.75) is 52.0 Å². The molecule has 2 saturated heterocycles. The Hall–Kier alpha value is -3.05. The lowest BCUT2D eigenvalue weighted by Gasteiger charge is -2.37. The van der Waals surface area contributed by atoms with E-state index < -0.39 is 30.1 Å². The largest absolute Gasteiger partial charge is 0.493 e. The van der Waals surface area contributed by atoms with Crippen LogP contribution in [0.1, 0.15) is 32.8 Å². The summed E-state index contributed by atoms with van der Waals surface area (Å²) in [6.45, 7) is 8.93. The topological polar surface area (TPSA) is 119 Å². The minimum absolute atomic E-state index is 0.126.